The average molecular weight is 238 g/mol. The molecular formula is C12H18N2OS. The molecule has 0 heterocycles. The van der Waals surface area contributed by atoms with E-state index in [1.165, 1.54) is 0 Å². The van der Waals surface area contributed by atoms with Gasteiger partial charge in [0, 0.05) is 11.7 Å². The molecule has 1 aromatic rings. The van der Waals surface area contributed by atoms with Crippen molar-refractivity contribution >= 4 is 23.0 Å². The first kappa shape index (κ1) is 12.8. The van der Waals surface area contributed by atoms with E-state index in [-0.39, 0.29) is 0 Å². The largest absolute Gasteiger partial charge is 0.494 e. The van der Waals surface area contributed by atoms with Crippen LogP contribution in [0.1, 0.15) is 20.8 Å². The number of benzene rings is 1. The van der Waals surface area contributed by atoms with Gasteiger partial charge >= 0.3 is 0 Å². The van der Waals surface area contributed by atoms with Crippen LogP contribution in [0.3, 0.4) is 0 Å². The number of thiocarbonyl (C=S) groups is 1. The molecule has 88 valence electrons. The summed E-state index contributed by atoms with van der Waals surface area (Å²) in [5.74, 6) is 0.871. The fraction of sp³-hybridized carbons (Fsp3) is 0.417. The summed E-state index contributed by atoms with van der Waals surface area (Å²) < 4.78 is 5.35. The van der Waals surface area contributed by atoms with Crippen molar-refractivity contribution in [2.45, 2.75) is 26.8 Å². The van der Waals surface area contributed by atoms with E-state index < -0.39 is 0 Å². The molecule has 16 heavy (non-hydrogen) atoms. The summed E-state index contributed by atoms with van der Waals surface area (Å²) in [5.41, 5.74) is 0.960. The normalized spacial score (nSPS) is 10.0. The van der Waals surface area contributed by atoms with E-state index in [4.69, 9.17) is 17.0 Å². The van der Waals surface area contributed by atoms with Crippen molar-refractivity contribution in [2.75, 3.05) is 11.9 Å². The summed E-state index contributed by atoms with van der Waals surface area (Å²) in [6, 6.07) is 8.06. The molecule has 0 radical (unpaired) electrons. The topological polar surface area (TPSA) is 33.3 Å². The van der Waals surface area contributed by atoms with Crippen LogP contribution in [-0.2, 0) is 0 Å². The lowest BCUT2D eigenvalue weighted by atomic mass is 10.3. The Kier molecular flexibility index (Phi) is 5.05. The SMILES string of the molecule is CCOc1ccc(NC(=S)NC(C)C)cc1. The molecule has 0 bridgehead atoms. The number of hydrogen-bond acceptors (Lipinski definition) is 2. The Hall–Kier alpha value is -1.29. The number of anilines is 1. The molecule has 1 aromatic carbocycles. The fourth-order valence-corrected chi connectivity index (χ4v) is 1.58. The summed E-state index contributed by atoms with van der Waals surface area (Å²) in [6.07, 6.45) is 0. The van der Waals surface area contributed by atoms with Gasteiger partial charge in [0.25, 0.3) is 0 Å². The molecule has 0 aliphatic heterocycles. The van der Waals surface area contributed by atoms with Gasteiger partial charge in [0.1, 0.15) is 5.75 Å². The van der Waals surface area contributed by atoms with E-state index in [9.17, 15) is 0 Å². The van der Waals surface area contributed by atoms with Crippen LogP contribution < -0.4 is 15.4 Å². The minimum absolute atomic E-state index is 0.336. The van der Waals surface area contributed by atoms with E-state index in [0.29, 0.717) is 17.8 Å². The standard InChI is InChI=1S/C12H18N2OS/c1-4-15-11-7-5-10(6-8-11)14-12(16)13-9(2)3/h5-9H,4H2,1-3H3,(H2,13,14,16). The van der Waals surface area contributed by atoms with Crippen LogP contribution in [0.2, 0.25) is 0 Å². The molecule has 0 saturated carbocycles. The van der Waals surface area contributed by atoms with Crippen molar-refractivity contribution in [3.05, 3.63) is 24.3 Å². The van der Waals surface area contributed by atoms with E-state index in [1.54, 1.807) is 0 Å². The van der Waals surface area contributed by atoms with Gasteiger partial charge in [0.2, 0.25) is 0 Å². The summed E-state index contributed by atoms with van der Waals surface area (Å²) in [7, 11) is 0. The van der Waals surface area contributed by atoms with Gasteiger partial charge in [-0.2, -0.15) is 0 Å². The van der Waals surface area contributed by atoms with Crippen molar-refractivity contribution in [3.63, 3.8) is 0 Å². The third-order valence-electron chi connectivity index (χ3n) is 1.84. The third-order valence-corrected chi connectivity index (χ3v) is 2.06. The fourth-order valence-electron chi connectivity index (χ4n) is 1.23. The summed E-state index contributed by atoms with van der Waals surface area (Å²) in [4.78, 5) is 0. The van der Waals surface area contributed by atoms with Crippen molar-refractivity contribution < 1.29 is 4.74 Å². The van der Waals surface area contributed by atoms with Crippen molar-refractivity contribution in [3.8, 4) is 5.75 Å². The Morgan fingerprint density at radius 2 is 1.94 bits per heavy atom. The van der Waals surface area contributed by atoms with E-state index >= 15 is 0 Å². The summed E-state index contributed by atoms with van der Waals surface area (Å²) in [6.45, 7) is 6.74. The first-order valence-electron chi connectivity index (χ1n) is 5.42. The quantitative estimate of drug-likeness (QED) is 0.790. The lowest BCUT2D eigenvalue weighted by Gasteiger charge is -2.13. The van der Waals surface area contributed by atoms with Crippen LogP contribution in [0.5, 0.6) is 5.75 Å². The first-order chi connectivity index (χ1) is 7.61. The summed E-state index contributed by atoms with van der Waals surface area (Å²) in [5, 5.41) is 6.87. The minimum Gasteiger partial charge on any atom is -0.494 e. The van der Waals surface area contributed by atoms with Gasteiger partial charge in [-0.3, -0.25) is 0 Å². The Morgan fingerprint density at radius 3 is 2.44 bits per heavy atom. The molecule has 0 fully saturated rings. The zero-order valence-electron chi connectivity index (χ0n) is 9.91. The Labute approximate surface area is 102 Å². The Morgan fingerprint density at radius 1 is 1.31 bits per heavy atom. The van der Waals surface area contributed by atoms with Gasteiger partial charge in [0.15, 0.2) is 5.11 Å². The third kappa shape index (κ3) is 4.49. The van der Waals surface area contributed by atoms with E-state index in [1.807, 2.05) is 45.0 Å². The number of nitrogens with one attached hydrogen (secondary N) is 2. The average Bonchev–Trinajstić information content (AvgIpc) is 2.20. The van der Waals surface area contributed by atoms with Crippen LogP contribution in [0.4, 0.5) is 5.69 Å². The van der Waals surface area contributed by atoms with Crippen LogP contribution in [0.25, 0.3) is 0 Å². The molecule has 2 N–H and O–H groups in total. The van der Waals surface area contributed by atoms with Gasteiger partial charge in [-0.1, -0.05) is 0 Å². The highest BCUT2D eigenvalue weighted by Gasteiger charge is 1.99. The molecule has 0 spiro atoms. The number of ether oxygens (including phenoxy) is 1. The lowest BCUT2D eigenvalue weighted by molar-refractivity contribution is 0.340. The molecule has 0 aromatic heterocycles. The van der Waals surface area contributed by atoms with Gasteiger partial charge < -0.3 is 15.4 Å². The van der Waals surface area contributed by atoms with E-state index in [2.05, 4.69) is 10.6 Å². The van der Waals surface area contributed by atoms with E-state index in [0.717, 1.165) is 11.4 Å². The van der Waals surface area contributed by atoms with Crippen molar-refractivity contribution in [2.24, 2.45) is 0 Å². The molecular weight excluding hydrogens is 220 g/mol. The zero-order valence-corrected chi connectivity index (χ0v) is 10.7. The Bertz CT molecular complexity index is 335. The predicted octanol–water partition coefficient (Wildman–Crippen LogP) is 2.78. The van der Waals surface area contributed by atoms with Crippen molar-refractivity contribution in [1.82, 2.24) is 5.32 Å². The molecule has 0 unspecified atom stereocenters. The monoisotopic (exact) mass is 238 g/mol. The molecule has 0 aliphatic rings. The smallest absolute Gasteiger partial charge is 0.170 e. The summed E-state index contributed by atoms with van der Waals surface area (Å²) >= 11 is 5.14. The zero-order chi connectivity index (χ0) is 12.0. The highest BCUT2D eigenvalue weighted by molar-refractivity contribution is 7.80. The predicted molar refractivity (Wildman–Crippen MR) is 72.1 cm³/mol. The first-order valence-corrected chi connectivity index (χ1v) is 5.83. The van der Waals surface area contributed by atoms with Crippen LogP contribution >= 0.6 is 12.2 Å². The highest BCUT2D eigenvalue weighted by atomic mass is 32.1. The van der Waals surface area contributed by atoms with Gasteiger partial charge in [0.05, 0.1) is 6.61 Å². The number of rotatable bonds is 4. The maximum absolute atomic E-state index is 5.35. The van der Waals surface area contributed by atoms with Gasteiger partial charge in [-0.05, 0) is 57.3 Å². The lowest BCUT2D eigenvalue weighted by Crippen LogP contribution is -2.33. The maximum Gasteiger partial charge on any atom is 0.170 e. The Balaban J connectivity index is 2.51. The molecule has 0 amide bonds. The molecule has 0 atom stereocenters. The number of hydrogen-bond donors (Lipinski definition) is 2. The second kappa shape index (κ2) is 6.33. The molecule has 0 saturated heterocycles. The minimum atomic E-state index is 0.336. The molecule has 1 rings (SSSR count). The van der Waals surface area contributed by atoms with Gasteiger partial charge in [-0.25, -0.2) is 0 Å². The van der Waals surface area contributed by atoms with Crippen LogP contribution in [-0.4, -0.2) is 17.8 Å². The van der Waals surface area contributed by atoms with Crippen LogP contribution in [0.15, 0.2) is 24.3 Å². The second-order valence-electron chi connectivity index (χ2n) is 3.71. The highest BCUT2D eigenvalue weighted by Crippen LogP contribution is 2.15. The van der Waals surface area contributed by atoms with Crippen molar-refractivity contribution in [1.29, 1.82) is 0 Å². The second-order valence-corrected chi connectivity index (χ2v) is 4.12. The van der Waals surface area contributed by atoms with Gasteiger partial charge in [-0.15, -0.1) is 0 Å². The molecule has 3 nitrogen and oxygen atoms in total. The molecule has 4 heteroatoms. The van der Waals surface area contributed by atoms with Crippen LogP contribution in [0, 0.1) is 0 Å². The molecule has 0 aliphatic carbocycles. The maximum atomic E-state index is 5.35.